The highest BCUT2D eigenvalue weighted by molar-refractivity contribution is 7.16. The molecule has 2 aromatic carbocycles. The minimum atomic E-state index is -0.0918. The Morgan fingerprint density at radius 2 is 1.92 bits per heavy atom. The second kappa shape index (κ2) is 10.6. The molecule has 1 aliphatic carbocycles. The predicted octanol–water partition coefficient (Wildman–Crippen LogP) is 7.87. The number of aliphatic imine (C=N–C) groups is 1. The lowest BCUT2D eigenvalue weighted by atomic mass is 9.95. The molecule has 3 aromatic heterocycles. The number of amides is 1. The Morgan fingerprint density at radius 1 is 1.11 bits per heavy atom. The molecule has 5 aromatic rings. The molecule has 0 fully saturated rings. The maximum absolute atomic E-state index is 13.4. The number of rotatable bonds is 7. The van der Waals surface area contributed by atoms with Crippen molar-refractivity contribution in [2.45, 2.75) is 45.7 Å². The molecule has 192 valence electrons. The number of benzene rings is 2. The Bertz CT molecular complexity index is 1650. The number of aryl methyl sites for hydroxylation is 1. The van der Waals surface area contributed by atoms with Gasteiger partial charge in [-0.25, -0.2) is 4.99 Å². The first-order valence-corrected chi connectivity index (χ1v) is 14.1. The van der Waals surface area contributed by atoms with E-state index in [-0.39, 0.29) is 5.91 Å². The van der Waals surface area contributed by atoms with Crippen LogP contribution in [0.4, 0.5) is 5.00 Å². The van der Waals surface area contributed by atoms with Gasteiger partial charge in [-0.3, -0.25) is 4.79 Å². The number of para-hydroxylation sites is 1. The number of halogens is 1. The molecule has 0 atom stereocenters. The quantitative estimate of drug-likeness (QED) is 0.213. The highest BCUT2D eigenvalue weighted by Crippen LogP contribution is 2.40. The second-order valence-corrected chi connectivity index (χ2v) is 11.1. The van der Waals surface area contributed by atoms with Crippen molar-refractivity contribution in [1.29, 1.82) is 0 Å². The van der Waals surface area contributed by atoms with E-state index in [4.69, 9.17) is 21.0 Å². The van der Waals surface area contributed by atoms with Gasteiger partial charge in [-0.1, -0.05) is 48.0 Å². The zero-order valence-electron chi connectivity index (χ0n) is 21.2. The van der Waals surface area contributed by atoms with E-state index in [9.17, 15) is 4.79 Å². The monoisotopic (exact) mass is 541 g/mol. The van der Waals surface area contributed by atoms with Crippen molar-refractivity contribution in [3.05, 3.63) is 111 Å². The Kier molecular flexibility index (Phi) is 6.92. The lowest BCUT2D eigenvalue weighted by Crippen LogP contribution is -2.23. The second-order valence-electron chi connectivity index (χ2n) is 9.61. The Hall–Kier alpha value is -3.61. The Balaban J connectivity index is 1.37. The van der Waals surface area contributed by atoms with E-state index in [1.165, 1.54) is 4.88 Å². The van der Waals surface area contributed by atoms with Crippen LogP contribution in [0.2, 0.25) is 5.02 Å². The number of hydrogen-bond acceptors (Lipinski definition) is 4. The fourth-order valence-corrected chi connectivity index (χ4v) is 6.72. The standard InChI is InChI=1S/C31H28ClN3O2S/c1-20-25(23-11-3-6-14-27(23)35(20)19-21-9-2-5-13-26(21)32)18-34-31-29(24-12-4-7-15-28(24)38-31)30(36)33-17-22-10-8-16-37-22/h2-3,5-6,8-11,13-14,16,18H,4,7,12,15,17,19H2,1H3,(H,33,36). The molecule has 0 unspecified atom stereocenters. The molecular formula is C31H28ClN3O2S. The van der Waals surface area contributed by atoms with E-state index < -0.39 is 0 Å². The van der Waals surface area contributed by atoms with Crippen molar-refractivity contribution in [3.63, 3.8) is 0 Å². The smallest absolute Gasteiger partial charge is 0.255 e. The normalized spacial score (nSPS) is 13.3. The summed E-state index contributed by atoms with van der Waals surface area (Å²) in [6.45, 7) is 3.15. The molecule has 3 heterocycles. The number of thiophene rings is 1. The third-order valence-corrected chi connectivity index (χ3v) is 8.83. The van der Waals surface area contributed by atoms with Crippen LogP contribution in [0.25, 0.3) is 10.9 Å². The van der Waals surface area contributed by atoms with Crippen molar-refractivity contribution < 1.29 is 9.21 Å². The number of aromatic nitrogens is 1. The summed E-state index contributed by atoms with van der Waals surface area (Å²) in [6, 6.07) is 20.0. The van der Waals surface area contributed by atoms with Gasteiger partial charge in [0.25, 0.3) is 5.91 Å². The molecule has 0 bridgehead atoms. The molecule has 0 radical (unpaired) electrons. The van der Waals surface area contributed by atoms with Gasteiger partial charge < -0.3 is 14.3 Å². The van der Waals surface area contributed by atoms with Gasteiger partial charge in [0, 0.05) is 44.8 Å². The van der Waals surface area contributed by atoms with Crippen LogP contribution < -0.4 is 5.32 Å². The molecule has 0 saturated carbocycles. The summed E-state index contributed by atoms with van der Waals surface area (Å²) in [5, 5.41) is 5.70. The summed E-state index contributed by atoms with van der Waals surface area (Å²) in [5.41, 5.74) is 6.24. The Labute approximate surface area is 230 Å². The summed E-state index contributed by atoms with van der Waals surface area (Å²) in [6.07, 6.45) is 7.72. The molecule has 0 spiro atoms. The van der Waals surface area contributed by atoms with Crippen LogP contribution in [0.15, 0.2) is 76.3 Å². The van der Waals surface area contributed by atoms with Gasteiger partial charge in [-0.15, -0.1) is 11.3 Å². The molecule has 1 N–H and O–H groups in total. The van der Waals surface area contributed by atoms with Crippen molar-refractivity contribution in [3.8, 4) is 0 Å². The maximum atomic E-state index is 13.4. The minimum absolute atomic E-state index is 0.0918. The van der Waals surface area contributed by atoms with E-state index in [0.29, 0.717) is 18.7 Å². The van der Waals surface area contributed by atoms with Crippen LogP contribution in [-0.2, 0) is 25.9 Å². The molecular weight excluding hydrogens is 514 g/mol. The summed E-state index contributed by atoms with van der Waals surface area (Å²) in [4.78, 5) is 19.6. The van der Waals surface area contributed by atoms with Gasteiger partial charge >= 0.3 is 0 Å². The summed E-state index contributed by atoms with van der Waals surface area (Å²) in [7, 11) is 0. The number of nitrogens with one attached hydrogen (secondary N) is 1. The van der Waals surface area contributed by atoms with Crippen molar-refractivity contribution in [1.82, 2.24) is 9.88 Å². The molecule has 5 nitrogen and oxygen atoms in total. The average molecular weight is 542 g/mol. The third kappa shape index (κ3) is 4.70. The van der Waals surface area contributed by atoms with Crippen molar-refractivity contribution >= 4 is 51.0 Å². The molecule has 0 aliphatic heterocycles. The van der Waals surface area contributed by atoms with Crippen LogP contribution >= 0.6 is 22.9 Å². The van der Waals surface area contributed by atoms with Gasteiger partial charge in [0.2, 0.25) is 0 Å². The lowest BCUT2D eigenvalue weighted by Gasteiger charge is -2.12. The van der Waals surface area contributed by atoms with Crippen LogP contribution in [-0.4, -0.2) is 16.7 Å². The Morgan fingerprint density at radius 3 is 2.76 bits per heavy atom. The summed E-state index contributed by atoms with van der Waals surface area (Å²) in [5.74, 6) is 0.639. The number of nitrogens with zero attached hydrogens (tertiary/aromatic N) is 2. The molecule has 1 aliphatic rings. The highest BCUT2D eigenvalue weighted by atomic mass is 35.5. The fraction of sp³-hybridized carbons (Fsp3) is 0.226. The number of carbonyl (C=O) groups is 1. The van der Waals surface area contributed by atoms with Crippen LogP contribution in [0.5, 0.6) is 0 Å². The van der Waals surface area contributed by atoms with Crippen LogP contribution in [0, 0.1) is 6.92 Å². The first-order valence-electron chi connectivity index (χ1n) is 12.9. The largest absolute Gasteiger partial charge is 0.467 e. The minimum Gasteiger partial charge on any atom is -0.467 e. The molecule has 38 heavy (non-hydrogen) atoms. The van der Waals surface area contributed by atoms with Crippen LogP contribution in [0.1, 0.15) is 56.2 Å². The topological polar surface area (TPSA) is 59.5 Å². The SMILES string of the molecule is Cc1c(C=Nc2sc3c(c2C(=O)NCc2ccco2)CCCC3)c2ccccc2n1Cc1ccccc1Cl. The van der Waals surface area contributed by atoms with Gasteiger partial charge in [-0.05, 0) is 68.0 Å². The van der Waals surface area contributed by atoms with Gasteiger partial charge in [-0.2, -0.15) is 0 Å². The maximum Gasteiger partial charge on any atom is 0.255 e. The number of furan rings is 1. The highest BCUT2D eigenvalue weighted by Gasteiger charge is 2.25. The van der Waals surface area contributed by atoms with E-state index in [2.05, 4.69) is 47.1 Å². The zero-order chi connectivity index (χ0) is 26.1. The number of hydrogen-bond donors (Lipinski definition) is 1. The predicted molar refractivity (Wildman–Crippen MR) is 155 cm³/mol. The molecule has 6 rings (SSSR count). The van der Waals surface area contributed by atoms with Gasteiger partial charge in [0.15, 0.2) is 0 Å². The van der Waals surface area contributed by atoms with Gasteiger partial charge in [0.1, 0.15) is 10.8 Å². The number of fused-ring (bicyclic) bond motifs is 2. The van der Waals surface area contributed by atoms with E-state index in [1.807, 2.05) is 36.5 Å². The molecule has 0 saturated heterocycles. The fourth-order valence-electron chi connectivity index (χ4n) is 5.29. The molecule has 1 amide bonds. The zero-order valence-corrected chi connectivity index (χ0v) is 22.7. The summed E-state index contributed by atoms with van der Waals surface area (Å²) < 4.78 is 7.69. The van der Waals surface area contributed by atoms with Crippen LogP contribution in [0.3, 0.4) is 0 Å². The van der Waals surface area contributed by atoms with Crippen molar-refractivity contribution in [2.24, 2.45) is 4.99 Å². The van der Waals surface area contributed by atoms with Crippen molar-refractivity contribution in [2.75, 3.05) is 0 Å². The van der Waals surface area contributed by atoms with Gasteiger partial charge in [0.05, 0.1) is 18.4 Å². The third-order valence-electron chi connectivity index (χ3n) is 7.26. The molecule has 7 heteroatoms. The van der Waals surface area contributed by atoms with E-state index >= 15 is 0 Å². The number of carbonyl (C=O) groups excluding carboxylic acids is 1. The van der Waals surface area contributed by atoms with E-state index in [1.54, 1.807) is 17.6 Å². The van der Waals surface area contributed by atoms with E-state index in [0.717, 1.165) is 74.8 Å². The average Bonchev–Trinajstić information content (AvgIpc) is 3.65. The lowest BCUT2D eigenvalue weighted by molar-refractivity contribution is 0.0948. The first-order chi connectivity index (χ1) is 18.6. The first kappa shape index (κ1) is 24.7. The summed E-state index contributed by atoms with van der Waals surface area (Å²) >= 11 is 8.15.